The minimum Gasteiger partial charge on any atom is -0.480 e. The lowest BCUT2D eigenvalue weighted by Gasteiger charge is -2.27. The second-order valence-electron chi connectivity index (χ2n) is 6.80. The zero-order valence-corrected chi connectivity index (χ0v) is 17.1. The van der Waals surface area contributed by atoms with E-state index in [0.717, 1.165) is 18.5 Å². The highest BCUT2D eigenvalue weighted by molar-refractivity contribution is 6.30. The van der Waals surface area contributed by atoms with Crippen LogP contribution in [0.3, 0.4) is 0 Å². The number of hydrogen-bond donors (Lipinski definition) is 1. The van der Waals surface area contributed by atoms with Crippen LogP contribution < -0.4 is 15.0 Å². The Labute approximate surface area is 177 Å². The second-order valence-corrected chi connectivity index (χ2v) is 7.24. The number of anilines is 2. The molecule has 2 amide bonds. The lowest BCUT2D eigenvalue weighted by molar-refractivity contribution is -0.122. The van der Waals surface area contributed by atoms with E-state index >= 15 is 0 Å². The summed E-state index contributed by atoms with van der Waals surface area (Å²) >= 11 is 5.99. The summed E-state index contributed by atoms with van der Waals surface area (Å²) in [5.41, 5.74) is 1.33. The van der Waals surface area contributed by atoms with Gasteiger partial charge in [0, 0.05) is 48.6 Å². The summed E-state index contributed by atoms with van der Waals surface area (Å²) in [6.45, 7) is 1.31. The van der Waals surface area contributed by atoms with Crippen molar-refractivity contribution in [1.82, 2.24) is 14.9 Å². The summed E-state index contributed by atoms with van der Waals surface area (Å²) in [6, 6.07) is 10.5. The van der Waals surface area contributed by atoms with Crippen LogP contribution in [0, 0.1) is 0 Å². The molecule has 0 bridgehead atoms. The van der Waals surface area contributed by atoms with Gasteiger partial charge in [-0.2, -0.15) is 0 Å². The molecule has 0 saturated heterocycles. The zero-order valence-electron chi connectivity index (χ0n) is 16.3. The largest absolute Gasteiger partial charge is 0.480 e. The van der Waals surface area contributed by atoms with Crippen LogP contribution in [0.15, 0.2) is 40.9 Å². The maximum absolute atomic E-state index is 12.7. The molecule has 156 valence electrons. The Morgan fingerprint density at radius 1 is 1.23 bits per heavy atom. The summed E-state index contributed by atoms with van der Waals surface area (Å²) in [6.07, 6.45) is 0.878. The molecule has 0 spiro atoms. The third kappa shape index (κ3) is 4.30. The van der Waals surface area contributed by atoms with Gasteiger partial charge in [-0.05, 0) is 18.6 Å². The second kappa shape index (κ2) is 8.58. The highest BCUT2D eigenvalue weighted by Crippen LogP contribution is 2.26. The van der Waals surface area contributed by atoms with Crippen molar-refractivity contribution in [2.45, 2.75) is 25.8 Å². The predicted octanol–water partition coefficient (Wildman–Crippen LogP) is 3.36. The van der Waals surface area contributed by atoms with Crippen LogP contribution in [0.5, 0.6) is 5.88 Å². The van der Waals surface area contributed by atoms with E-state index in [4.69, 9.17) is 20.9 Å². The van der Waals surface area contributed by atoms with Gasteiger partial charge in [0.2, 0.25) is 23.6 Å². The van der Waals surface area contributed by atoms with Crippen LogP contribution in [0.4, 0.5) is 11.7 Å². The maximum atomic E-state index is 12.7. The Morgan fingerprint density at radius 2 is 2.10 bits per heavy atom. The number of aryl methyl sites for hydroxylation is 1. The number of fused-ring (bicyclic) bond motifs is 1. The molecule has 4 rings (SSSR count). The van der Waals surface area contributed by atoms with Gasteiger partial charge in [-0.3, -0.25) is 19.8 Å². The SMILES string of the molecule is COc1cc2n(n1)CCCN2C(=O)CCC(=O)Nc1cc(-c2cccc(Cl)c2)no1. The topological polar surface area (TPSA) is 102 Å². The minimum atomic E-state index is -0.333. The summed E-state index contributed by atoms with van der Waals surface area (Å²) in [5, 5.41) is 11.4. The van der Waals surface area contributed by atoms with E-state index in [1.807, 2.05) is 6.07 Å². The Balaban J connectivity index is 1.33. The predicted molar refractivity (Wildman–Crippen MR) is 111 cm³/mol. The number of amides is 2. The first-order chi connectivity index (χ1) is 14.5. The van der Waals surface area contributed by atoms with Gasteiger partial charge >= 0.3 is 0 Å². The van der Waals surface area contributed by atoms with Gasteiger partial charge in [0.15, 0.2) is 0 Å². The molecular formula is C20H20ClN5O4. The number of benzene rings is 1. The number of nitrogens with one attached hydrogen (secondary N) is 1. The van der Waals surface area contributed by atoms with Gasteiger partial charge in [-0.1, -0.05) is 28.9 Å². The Hall–Kier alpha value is -3.33. The monoisotopic (exact) mass is 429 g/mol. The first-order valence-corrected chi connectivity index (χ1v) is 9.86. The lowest BCUT2D eigenvalue weighted by Crippen LogP contribution is -2.37. The summed E-state index contributed by atoms with van der Waals surface area (Å²) < 4.78 is 12.1. The first kappa shape index (κ1) is 20.0. The molecule has 1 N–H and O–H groups in total. The van der Waals surface area contributed by atoms with Crippen LogP contribution in [0.25, 0.3) is 11.3 Å². The standard InChI is InChI=1S/C20H20ClN5O4/c1-29-18-12-19-25(8-3-9-26(19)23-18)20(28)7-6-16(27)22-17-11-15(24-30-17)13-4-2-5-14(21)10-13/h2,4-5,10-12H,3,6-9H2,1H3,(H,22,27). The first-order valence-electron chi connectivity index (χ1n) is 9.48. The fourth-order valence-electron chi connectivity index (χ4n) is 3.28. The van der Waals surface area contributed by atoms with Crippen molar-refractivity contribution in [1.29, 1.82) is 0 Å². The average Bonchev–Trinajstić information content (AvgIpc) is 3.38. The van der Waals surface area contributed by atoms with Crippen molar-refractivity contribution in [3.05, 3.63) is 41.4 Å². The molecule has 0 aliphatic carbocycles. The van der Waals surface area contributed by atoms with Gasteiger partial charge in [0.1, 0.15) is 11.5 Å². The van der Waals surface area contributed by atoms with E-state index in [2.05, 4.69) is 15.6 Å². The number of carbonyl (C=O) groups excluding carboxylic acids is 2. The highest BCUT2D eigenvalue weighted by atomic mass is 35.5. The van der Waals surface area contributed by atoms with E-state index in [1.54, 1.807) is 39.9 Å². The fourth-order valence-corrected chi connectivity index (χ4v) is 3.47. The van der Waals surface area contributed by atoms with Crippen molar-refractivity contribution in [3.63, 3.8) is 0 Å². The van der Waals surface area contributed by atoms with Crippen molar-refractivity contribution in [2.24, 2.45) is 0 Å². The fraction of sp³-hybridized carbons (Fsp3) is 0.300. The van der Waals surface area contributed by atoms with Gasteiger partial charge < -0.3 is 9.26 Å². The Bertz CT molecular complexity index is 1080. The molecule has 0 unspecified atom stereocenters. The third-order valence-electron chi connectivity index (χ3n) is 4.73. The number of hydrogen-bond acceptors (Lipinski definition) is 6. The molecule has 9 nitrogen and oxygen atoms in total. The van der Waals surface area contributed by atoms with Gasteiger partial charge in [0.05, 0.1) is 7.11 Å². The molecule has 1 aromatic carbocycles. The van der Waals surface area contributed by atoms with Gasteiger partial charge in [-0.15, -0.1) is 5.10 Å². The normalized spacial score (nSPS) is 13.1. The molecule has 0 atom stereocenters. The molecule has 3 aromatic rings. The molecule has 30 heavy (non-hydrogen) atoms. The average molecular weight is 430 g/mol. The van der Waals surface area contributed by atoms with E-state index in [1.165, 1.54) is 7.11 Å². The smallest absolute Gasteiger partial charge is 0.234 e. The molecule has 10 heteroatoms. The van der Waals surface area contributed by atoms with E-state index in [0.29, 0.717) is 29.0 Å². The molecule has 3 heterocycles. The van der Waals surface area contributed by atoms with Gasteiger partial charge in [-0.25, -0.2) is 4.68 Å². The number of halogens is 1. The molecule has 1 aliphatic rings. The molecule has 0 saturated carbocycles. The Kier molecular flexibility index (Phi) is 5.71. The zero-order chi connectivity index (χ0) is 21.1. The number of carbonyl (C=O) groups is 2. The van der Waals surface area contributed by atoms with E-state index in [-0.39, 0.29) is 30.5 Å². The van der Waals surface area contributed by atoms with Gasteiger partial charge in [0.25, 0.3) is 0 Å². The van der Waals surface area contributed by atoms with Crippen molar-refractivity contribution in [2.75, 3.05) is 23.9 Å². The number of nitrogens with zero attached hydrogens (tertiary/aromatic N) is 4. The van der Waals surface area contributed by atoms with Crippen LogP contribution in [-0.2, 0) is 16.1 Å². The highest BCUT2D eigenvalue weighted by Gasteiger charge is 2.25. The molecule has 1 aliphatic heterocycles. The van der Waals surface area contributed by atoms with Crippen LogP contribution in [-0.4, -0.2) is 40.4 Å². The molecular weight excluding hydrogens is 410 g/mol. The number of ether oxygens (including phenoxy) is 1. The number of aromatic nitrogens is 3. The van der Waals surface area contributed by atoms with E-state index in [9.17, 15) is 9.59 Å². The number of methoxy groups -OCH3 is 1. The summed E-state index contributed by atoms with van der Waals surface area (Å²) in [5.74, 6) is 0.877. The quantitative estimate of drug-likeness (QED) is 0.644. The lowest BCUT2D eigenvalue weighted by atomic mass is 10.1. The van der Waals surface area contributed by atoms with Crippen molar-refractivity contribution >= 4 is 35.1 Å². The number of rotatable bonds is 6. The van der Waals surface area contributed by atoms with Crippen LogP contribution in [0.1, 0.15) is 19.3 Å². The molecule has 0 radical (unpaired) electrons. The maximum Gasteiger partial charge on any atom is 0.234 e. The summed E-state index contributed by atoms with van der Waals surface area (Å²) in [7, 11) is 1.53. The minimum absolute atomic E-state index is 0.0216. The third-order valence-corrected chi connectivity index (χ3v) is 4.97. The van der Waals surface area contributed by atoms with E-state index < -0.39 is 0 Å². The summed E-state index contributed by atoms with van der Waals surface area (Å²) in [4.78, 5) is 26.6. The molecule has 2 aromatic heterocycles. The van der Waals surface area contributed by atoms with Crippen LogP contribution in [0.2, 0.25) is 5.02 Å². The van der Waals surface area contributed by atoms with Crippen molar-refractivity contribution < 1.29 is 18.8 Å². The Morgan fingerprint density at radius 3 is 2.90 bits per heavy atom. The molecule has 0 fully saturated rings. The van der Waals surface area contributed by atoms with Crippen LogP contribution >= 0.6 is 11.6 Å². The van der Waals surface area contributed by atoms with Crippen molar-refractivity contribution in [3.8, 4) is 17.1 Å².